The summed E-state index contributed by atoms with van der Waals surface area (Å²) >= 11 is 0. The molecule has 15 heavy (non-hydrogen) atoms. The molecule has 78 valence electrons. The summed E-state index contributed by atoms with van der Waals surface area (Å²) in [6.45, 7) is 0. The second-order valence-electron chi connectivity index (χ2n) is 3.14. The summed E-state index contributed by atoms with van der Waals surface area (Å²) in [5.41, 5.74) is 6.50. The second-order valence-corrected chi connectivity index (χ2v) is 3.14. The summed E-state index contributed by atoms with van der Waals surface area (Å²) in [6.07, 6.45) is 0. The molecule has 0 aliphatic heterocycles. The van der Waals surface area contributed by atoms with Crippen LogP contribution < -0.4 is 10.5 Å². The van der Waals surface area contributed by atoms with Crippen LogP contribution in [0, 0.1) is 0 Å². The Bertz CT molecular complexity index is 478. The molecular weight excluding hydrogens is 192 g/mol. The third-order valence-electron chi connectivity index (χ3n) is 2.26. The van der Waals surface area contributed by atoms with Gasteiger partial charge in [-0.2, -0.15) is 0 Å². The number of nitrogens with zero attached hydrogens (tertiary/aromatic N) is 3. The van der Waals surface area contributed by atoms with Crippen LogP contribution in [0.4, 0.5) is 5.95 Å². The molecule has 0 saturated heterocycles. The van der Waals surface area contributed by atoms with Crippen LogP contribution >= 0.6 is 0 Å². The van der Waals surface area contributed by atoms with Gasteiger partial charge in [0, 0.05) is 7.05 Å². The van der Waals surface area contributed by atoms with Crippen LogP contribution in [0.2, 0.25) is 0 Å². The van der Waals surface area contributed by atoms with Gasteiger partial charge in [0.05, 0.1) is 12.7 Å². The van der Waals surface area contributed by atoms with Gasteiger partial charge < -0.3 is 10.5 Å². The van der Waals surface area contributed by atoms with Crippen LogP contribution in [0.5, 0.6) is 5.75 Å². The number of ether oxygens (including phenoxy) is 1. The van der Waals surface area contributed by atoms with Crippen molar-refractivity contribution in [3.63, 3.8) is 0 Å². The number of para-hydroxylation sites is 1. The lowest BCUT2D eigenvalue weighted by molar-refractivity contribution is 0.416. The van der Waals surface area contributed by atoms with Gasteiger partial charge in [0.1, 0.15) is 5.75 Å². The largest absolute Gasteiger partial charge is 0.496 e. The van der Waals surface area contributed by atoms with Crippen molar-refractivity contribution in [2.24, 2.45) is 7.05 Å². The molecule has 2 N–H and O–H groups in total. The Morgan fingerprint density at radius 2 is 2.00 bits per heavy atom. The quantitative estimate of drug-likeness (QED) is 0.794. The molecular formula is C10H12N4O. The van der Waals surface area contributed by atoms with E-state index in [0.29, 0.717) is 11.8 Å². The maximum atomic E-state index is 5.62. The number of hydrogen-bond acceptors (Lipinski definition) is 4. The molecule has 0 atom stereocenters. The van der Waals surface area contributed by atoms with Crippen molar-refractivity contribution in [1.82, 2.24) is 14.8 Å². The molecule has 5 heteroatoms. The van der Waals surface area contributed by atoms with E-state index in [1.165, 1.54) is 0 Å². The van der Waals surface area contributed by atoms with E-state index in [1.807, 2.05) is 31.3 Å². The molecule has 0 spiro atoms. The first kappa shape index (κ1) is 9.51. The number of anilines is 1. The Hall–Kier alpha value is -2.04. The number of benzene rings is 1. The van der Waals surface area contributed by atoms with Crippen LogP contribution in [-0.2, 0) is 7.05 Å². The molecule has 0 aliphatic carbocycles. The van der Waals surface area contributed by atoms with Crippen molar-refractivity contribution in [2.75, 3.05) is 12.8 Å². The fourth-order valence-corrected chi connectivity index (χ4v) is 1.41. The standard InChI is InChI=1S/C10H12N4O/c1-14-9(12-13-10(14)11)7-5-3-4-6-8(7)15-2/h3-6H,1-2H3,(H2,11,13). The summed E-state index contributed by atoms with van der Waals surface area (Å²) in [5, 5.41) is 7.81. The summed E-state index contributed by atoms with van der Waals surface area (Å²) in [6, 6.07) is 7.62. The van der Waals surface area contributed by atoms with E-state index < -0.39 is 0 Å². The number of nitrogens with two attached hydrogens (primary N) is 1. The lowest BCUT2D eigenvalue weighted by atomic mass is 10.2. The Labute approximate surface area is 87.5 Å². The third kappa shape index (κ3) is 1.52. The van der Waals surface area contributed by atoms with Crippen LogP contribution in [0.25, 0.3) is 11.4 Å². The van der Waals surface area contributed by atoms with Crippen LogP contribution in [0.3, 0.4) is 0 Å². The molecule has 1 aromatic heterocycles. The molecule has 0 bridgehead atoms. The molecule has 2 rings (SSSR count). The van der Waals surface area contributed by atoms with Gasteiger partial charge in [-0.15, -0.1) is 10.2 Å². The van der Waals surface area contributed by atoms with Crippen LogP contribution in [-0.4, -0.2) is 21.9 Å². The smallest absolute Gasteiger partial charge is 0.222 e. The normalized spacial score (nSPS) is 10.3. The van der Waals surface area contributed by atoms with Crippen molar-refractivity contribution in [3.8, 4) is 17.1 Å². The molecule has 0 radical (unpaired) electrons. The molecule has 0 unspecified atom stereocenters. The maximum Gasteiger partial charge on any atom is 0.222 e. The van der Waals surface area contributed by atoms with E-state index in [2.05, 4.69) is 10.2 Å². The minimum atomic E-state index is 0.385. The van der Waals surface area contributed by atoms with E-state index in [-0.39, 0.29) is 0 Å². The van der Waals surface area contributed by atoms with Gasteiger partial charge in [0.25, 0.3) is 0 Å². The average molecular weight is 204 g/mol. The van der Waals surface area contributed by atoms with Gasteiger partial charge in [-0.1, -0.05) is 12.1 Å². The predicted molar refractivity (Wildman–Crippen MR) is 57.4 cm³/mol. The lowest BCUT2D eigenvalue weighted by Gasteiger charge is -2.06. The third-order valence-corrected chi connectivity index (χ3v) is 2.26. The van der Waals surface area contributed by atoms with Crippen molar-refractivity contribution in [1.29, 1.82) is 0 Å². The zero-order valence-electron chi connectivity index (χ0n) is 8.64. The zero-order chi connectivity index (χ0) is 10.8. The van der Waals surface area contributed by atoms with E-state index in [9.17, 15) is 0 Å². The van der Waals surface area contributed by atoms with Crippen LogP contribution in [0.1, 0.15) is 0 Å². The minimum Gasteiger partial charge on any atom is -0.496 e. The highest BCUT2D eigenvalue weighted by atomic mass is 16.5. The molecule has 1 aromatic carbocycles. The first-order chi connectivity index (χ1) is 7.24. The Kier molecular flexibility index (Phi) is 2.29. The van der Waals surface area contributed by atoms with Crippen LogP contribution in [0.15, 0.2) is 24.3 Å². The second kappa shape index (κ2) is 3.61. The molecule has 1 heterocycles. The van der Waals surface area contributed by atoms with Crippen molar-refractivity contribution in [2.45, 2.75) is 0 Å². The molecule has 0 saturated carbocycles. The molecule has 0 amide bonds. The summed E-state index contributed by atoms with van der Waals surface area (Å²) in [5.74, 6) is 1.84. The lowest BCUT2D eigenvalue weighted by Crippen LogP contribution is -1.99. The summed E-state index contributed by atoms with van der Waals surface area (Å²) < 4.78 is 6.96. The minimum absolute atomic E-state index is 0.385. The van der Waals surface area contributed by atoms with Gasteiger partial charge in [-0.05, 0) is 12.1 Å². The Morgan fingerprint density at radius 3 is 2.60 bits per heavy atom. The van der Waals surface area contributed by atoms with Gasteiger partial charge in [0.15, 0.2) is 5.82 Å². The first-order valence-corrected chi connectivity index (χ1v) is 4.52. The summed E-state index contributed by atoms with van der Waals surface area (Å²) in [4.78, 5) is 0. The highest BCUT2D eigenvalue weighted by Crippen LogP contribution is 2.28. The fraction of sp³-hybridized carbons (Fsp3) is 0.200. The summed E-state index contributed by atoms with van der Waals surface area (Å²) in [7, 11) is 3.44. The highest BCUT2D eigenvalue weighted by Gasteiger charge is 2.12. The topological polar surface area (TPSA) is 66.0 Å². The predicted octanol–water partition coefficient (Wildman–Crippen LogP) is 1.07. The van der Waals surface area contributed by atoms with E-state index in [1.54, 1.807) is 11.7 Å². The fourth-order valence-electron chi connectivity index (χ4n) is 1.41. The maximum absolute atomic E-state index is 5.62. The number of hydrogen-bond donors (Lipinski definition) is 1. The van der Waals surface area contributed by atoms with E-state index >= 15 is 0 Å². The van der Waals surface area contributed by atoms with E-state index in [0.717, 1.165) is 11.3 Å². The molecule has 0 fully saturated rings. The Morgan fingerprint density at radius 1 is 1.27 bits per heavy atom. The monoisotopic (exact) mass is 204 g/mol. The SMILES string of the molecule is COc1ccccc1-c1nnc(N)n1C. The molecule has 5 nitrogen and oxygen atoms in total. The number of nitrogen functional groups attached to an aromatic ring is 1. The number of methoxy groups -OCH3 is 1. The van der Waals surface area contributed by atoms with Crippen molar-refractivity contribution >= 4 is 5.95 Å². The van der Waals surface area contributed by atoms with E-state index in [4.69, 9.17) is 10.5 Å². The van der Waals surface area contributed by atoms with Gasteiger partial charge >= 0.3 is 0 Å². The van der Waals surface area contributed by atoms with Crippen molar-refractivity contribution in [3.05, 3.63) is 24.3 Å². The molecule has 0 aliphatic rings. The highest BCUT2D eigenvalue weighted by molar-refractivity contribution is 5.65. The first-order valence-electron chi connectivity index (χ1n) is 4.52. The zero-order valence-corrected chi connectivity index (χ0v) is 8.64. The average Bonchev–Trinajstić information content (AvgIpc) is 2.60. The number of rotatable bonds is 2. The van der Waals surface area contributed by atoms with Gasteiger partial charge in [-0.25, -0.2) is 0 Å². The molecule has 2 aromatic rings. The van der Waals surface area contributed by atoms with Gasteiger partial charge in [0.2, 0.25) is 5.95 Å². The van der Waals surface area contributed by atoms with Crippen molar-refractivity contribution < 1.29 is 4.74 Å². The van der Waals surface area contributed by atoms with Gasteiger partial charge in [-0.3, -0.25) is 4.57 Å². The Balaban J connectivity index is 2.58. The number of aromatic nitrogens is 3.